The maximum absolute atomic E-state index is 9.33. The van der Waals surface area contributed by atoms with E-state index >= 15 is 0 Å². The van der Waals surface area contributed by atoms with Crippen LogP contribution in [-0.2, 0) is 0 Å². The SMILES string of the molecule is N#C/C(=C\c1ccccn1)c1nc2cc(Br)ccc2s1. The Labute approximate surface area is 128 Å². The quantitative estimate of drug-likeness (QED) is 0.644. The van der Waals surface area contributed by atoms with Crippen molar-refractivity contribution >= 4 is 49.1 Å². The molecule has 0 radical (unpaired) electrons. The first-order chi connectivity index (χ1) is 9.76. The molecule has 0 aliphatic carbocycles. The number of hydrogen-bond acceptors (Lipinski definition) is 4. The average Bonchev–Trinajstić information content (AvgIpc) is 2.88. The van der Waals surface area contributed by atoms with Crippen LogP contribution in [0, 0.1) is 11.3 Å². The van der Waals surface area contributed by atoms with Crippen molar-refractivity contribution in [3.8, 4) is 6.07 Å². The molecule has 0 spiro atoms. The minimum Gasteiger partial charge on any atom is -0.257 e. The number of halogens is 1. The highest BCUT2D eigenvalue weighted by atomic mass is 79.9. The summed E-state index contributed by atoms with van der Waals surface area (Å²) in [5.41, 5.74) is 2.17. The predicted molar refractivity (Wildman–Crippen MR) is 85.0 cm³/mol. The Bertz CT molecular complexity index is 831. The Morgan fingerprint density at radius 2 is 2.20 bits per heavy atom. The van der Waals surface area contributed by atoms with Gasteiger partial charge >= 0.3 is 0 Å². The van der Waals surface area contributed by atoms with Gasteiger partial charge in [-0.05, 0) is 36.4 Å². The number of nitriles is 1. The van der Waals surface area contributed by atoms with Gasteiger partial charge in [0.2, 0.25) is 0 Å². The van der Waals surface area contributed by atoms with Gasteiger partial charge in [-0.25, -0.2) is 4.98 Å². The molecule has 3 aromatic rings. The molecule has 0 fully saturated rings. The Morgan fingerprint density at radius 3 is 2.95 bits per heavy atom. The highest BCUT2D eigenvalue weighted by molar-refractivity contribution is 9.10. The van der Waals surface area contributed by atoms with Gasteiger partial charge in [0, 0.05) is 10.7 Å². The van der Waals surface area contributed by atoms with Crippen LogP contribution in [0.5, 0.6) is 0 Å². The third-order valence-electron chi connectivity index (χ3n) is 2.68. The van der Waals surface area contributed by atoms with Gasteiger partial charge in [-0.3, -0.25) is 4.98 Å². The number of rotatable bonds is 2. The fourth-order valence-corrected chi connectivity index (χ4v) is 3.03. The van der Waals surface area contributed by atoms with Crippen LogP contribution in [0.25, 0.3) is 21.9 Å². The lowest BCUT2D eigenvalue weighted by atomic mass is 10.2. The van der Waals surface area contributed by atoms with E-state index in [0.29, 0.717) is 10.6 Å². The molecule has 0 bridgehead atoms. The van der Waals surface area contributed by atoms with Crippen molar-refractivity contribution in [2.45, 2.75) is 0 Å². The van der Waals surface area contributed by atoms with Crippen molar-refractivity contribution in [2.75, 3.05) is 0 Å². The van der Waals surface area contributed by atoms with Gasteiger partial charge in [-0.2, -0.15) is 5.26 Å². The maximum Gasteiger partial charge on any atom is 0.135 e. The van der Waals surface area contributed by atoms with Gasteiger partial charge in [0.25, 0.3) is 0 Å². The van der Waals surface area contributed by atoms with Crippen LogP contribution in [0.4, 0.5) is 0 Å². The number of benzene rings is 1. The third kappa shape index (κ3) is 2.62. The van der Waals surface area contributed by atoms with E-state index in [1.165, 1.54) is 11.3 Å². The number of pyridine rings is 1. The second-order valence-corrected chi connectivity index (χ2v) is 6.00. The van der Waals surface area contributed by atoms with Crippen molar-refractivity contribution < 1.29 is 0 Å². The van der Waals surface area contributed by atoms with Crippen molar-refractivity contribution in [1.29, 1.82) is 5.26 Å². The molecular formula is C15H8BrN3S. The van der Waals surface area contributed by atoms with Crippen LogP contribution < -0.4 is 0 Å². The molecule has 0 atom stereocenters. The van der Waals surface area contributed by atoms with Crippen LogP contribution in [-0.4, -0.2) is 9.97 Å². The molecule has 0 N–H and O–H groups in total. The number of aromatic nitrogens is 2. The number of fused-ring (bicyclic) bond motifs is 1. The van der Waals surface area contributed by atoms with Crippen molar-refractivity contribution in [1.82, 2.24) is 9.97 Å². The molecule has 3 rings (SSSR count). The number of allylic oxidation sites excluding steroid dienone is 1. The zero-order valence-corrected chi connectivity index (χ0v) is 12.6. The molecule has 0 amide bonds. The van der Waals surface area contributed by atoms with Gasteiger partial charge in [-0.1, -0.05) is 22.0 Å². The second-order valence-electron chi connectivity index (χ2n) is 4.06. The van der Waals surface area contributed by atoms with E-state index in [-0.39, 0.29) is 0 Å². The Balaban J connectivity index is 2.08. The summed E-state index contributed by atoms with van der Waals surface area (Å²) in [7, 11) is 0. The van der Waals surface area contributed by atoms with E-state index in [2.05, 4.69) is 32.0 Å². The van der Waals surface area contributed by atoms with Gasteiger partial charge in [0.1, 0.15) is 11.1 Å². The molecule has 0 aliphatic rings. The van der Waals surface area contributed by atoms with E-state index in [1.54, 1.807) is 12.3 Å². The Morgan fingerprint density at radius 1 is 1.30 bits per heavy atom. The van der Waals surface area contributed by atoms with Crippen LogP contribution >= 0.6 is 27.3 Å². The van der Waals surface area contributed by atoms with Crippen molar-refractivity contribution in [3.05, 3.63) is 57.8 Å². The topological polar surface area (TPSA) is 49.6 Å². The summed E-state index contributed by atoms with van der Waals surface area (Å²) in [6, 6.07) is 13.7. The zero-order valence-electron chi connectivity index (χ0n) is 10.2. The maximum atomic E-state index is 9.33. The van der Waals surface area contributed by atoms with Gasteiger partial charge < -0.3 is 0 Å². The molecule has 0 unspecified atom stereocenters. The summed E-state index contributed by atoms with van der Waals surface area (Å²) in [5.74, 6) is 0. The lowest BCUT2D eigenvalue weighted by Crippen LogP contribution is -1.82. The minimum atomic E-state index is 0.529. The summed E-state index contributed by atoms with van der Waals surface area (Å²) in [6.07, 6.45) is 3.46. The van der Waals surface area contributed by atoms with Gasteiger partial charge in [0.05, 0.1) is 21.5 Å². The summed E-state index contributed by atoms with van der Waals surface area (Å²) >= 11 is 4.93. The predicted octanol–water partition coefficient (Wildman–Crippen LogP) is 4.52. The molecular weight excluding hydrogens is 334 g/mol. The molecule has 1 aromatic carbocycles. The fraction of sp³-hybridized carbons (Fsp3) is 0. The van der Waals surface area contributed by atoms with E-state index in [1.807, 2.05) is 36.4 Å². The number of nitrogens with zero attached hydrogens (tertiary/aromatic N) is 3. The highest BCUT2D eigenvalue weighted by Gasteiger charge is 2.09. The summed E-state index contributed by atoms with van der Waals surface area (Å²) in [6.45, 7) is 0. The molecule has 2 aromatic heterocycles. The van der Waals surface area contributed by atoms with E-state index in [4.69, 9.17) is 0 Å². The van der Waals surface area contributed by atoms with E-state index in [9.17, 15) is 5.26 Å². The Kier molecular flexibility index (Phi) is 3.59. The number of thiazole rings is 1. The summed E-state index contributed by atoms with van der Waals surface area (Å²) in [4.78, 5) is 8.71. The van der Waals surface area contributed by atoms with Crippen LogP contribution in [0.15, 0.2) is 47.1 Å². The molecule has 3 nitrogen and oxygen atoms in total. The zero-order chi connectivity index (χ0) is 13.9. The first kappa shape index (κ1) is 13.0. The smallest absolute Gasteiger partial charge is 0.135 e. The monoisotopic (exact) mass is 341 g/mol. The second kappa shape index (κ2) is 5.53. The fourth-order valence-electron chi connectivity index (χ4n) is 1.77. The molecule has 0 saturated carbocycles. The minimum absolute atomic E-state index is 0.529. The number of hydrogen-bond donors (Lipinski definition) is 0. The normalized spacial score (nSPS) is 11.5. The lowest BCUT2D eigenvalue weighted by Gasteiger charge is -1.93. The molecule has 20 heavy (non-hydrogen) atoms. The lowest BCUT2D eigenvalue weighted by molar-refractivity contribution is 1.29. The molecule has 5 heteroatoms. The van der Waals surface area contributed by atoms with Gasteiger partial charge in [0.15, 0.2) is 0 Å². The van der Waals surface area contributed by atoms with Crippen LogP contribution in [0.3, 0.4) is 0 Å². The summed E-state index contributed by atoms with van der Waals surface area (Å²) < 4.78 is 2.04. The Hall–Kier alpha value is -2.03. The molecule has 96 valence electrons. The van der Waals surface area contributed by atoms with Crippen LogP contribution in [0.2, 0.25) is 0 Å². The first-order valence-electron chi connectivity index (χ1n) is 5.85. The van der Waals surface area contributed by atoms with Crippen molar-refractivity contribution in [2.24, 2.45) is 0 Å². The van der Waals surface area contributed by atoms with E-state index < -0.39 is 0 Å². The van der Waals surface area contributed by atoms with E-state index in [0.717, 1.165) is 20.4 Å². The molecule has 0 aliphatic heterocycles. The van der Waals surface area contributed by atoms with Crippen LogP contribution in [0.1, 0.15) is 10.7 Å². The molecule has 0 saturated heterocycles. The first-order valence-corrected chi connectivity index (χ1v) is 7.46. The largest absolute Gasteiger partial charge is 0.257 e. The van der Waals surface area contributed by atoms with Crippen molar-refractivity contribution in [3.63, 3.8) is 0 Å². The summed E-state index contributed by atoms with van der Waals surface area (Å²) in [5, 5.41) is 10.0. The van der Waals surface area contributed by atoms with Gasteiger partial charge in [-0.15, -0.1) is 11.3 Å². The average molecular weight is 342 g/mol. The third-order valence-corrected chi connectivity index (χ3v) is 4.24. The molecule has 2 heterocycles. The highest BCUT2D eigenvalue weighted by Crippen LogP contribution is 2.29. The standard InChI is InChI=1S/C15H8BrN3S/c16-11-4-5-14-13(8-11)19-15(20-14)10(9-17)7-12-3-1-2-6-18-12/h1-8H/b10-7+.